The van der Waals surface area contributed by atoms with Gasteiger partial charge in [0.1, 0.15) is 0 Å². The zero-order valence-electron chi connectivity index (χ0n) is 36.8. The third kappa shape index (κ3) is 5.59. The highest BCUT2D eigenvalue weighted by atomic mass is 32.3. The van der Waals surface area contributed by atoms with Crippen LogP contribution in [0.1, 0.15) is 72.2 Å². The van der Waals surface area contributed by atoms with Gasteiger partial charge in [-0.25, -0.2) is 0 Å². The summed E-state index contributed by atoms with van der Waals surface area (Å²) < 4.78 is 0. The quantitative estimate of drug-likeness (QED) is 0.163. The lowest BCUT2D eigenvalue weighted by Crippen LogP contribution is -2.21. The Hall–Kier alpha value is -6.81. The van der Waals surface area contributed by atoms with Gasteiger partial charge in [-0.05, 0) is 140 Å². The van der Waals surface area contributed by atoms with E-state index in [-0.39, 0.29) is 10.8 Å². The summed E-state index contributed by atoms with van der Waals surface area (Å²) in [4.78, 5) is 7.81. The van der Waals surface area contributed by atoms with Crippen LogP contribution in [0.15, 0.2) is 180 Å². The molecule has 12 rings (SSSR count). The molecule has 0 spiro atoms. The molecule has 306 valence electrons. The topological polar surface area (TPSA) is 6.48 Å². The Morgan fingerprint density at radius 1 is 0.381 bits per heavy atom. The van der Waals surface area contributed by atoms with E-state index in [0.29, 0.717) is 0 Å². The van der Waals surface area contributed by atoms with Crippen molar-refractivity contribution in [3.63, 3.8) is 0 Å². The molecule has 0 saturated heterocycles. The number of nitrogens with zero attached hydrogens (tertiary/aromatic N) is 2. The van der Waals surface area contributed by atoms with Crippen LogP contribution in [0.25, 0.3) is 46.6 Å². The minimum atomic E-state index is -1.15. The average Bonchev–Trinajstić information content (AvgIpc) is 3.56. The van der Waals surface area contributed by atoms with Gasteiger partial charge < -0.3 is 9.80 Å². The smallest absolute Gasteiger partial charge is 0.0586 e. The Kier molecular flexibility index (Phi) is 8.18. The number of hydrogen-bond donors (Lipinski definition) is 0. The fraction of sp³-hybridized carbons (Fsp3) is 0.133. The average molecular weight is 831 g/mol. The number of rotatable bonds is 4. The van der Waals surface area contributed by atoms with Crippen molar-refractivity contribution in [2.75, 3.05) is 22.3 Å². The highest BCUT2D eigenvalue weighted by Gasteiger charge is 2.39. The van der Waals surface area contributed by atoms with Gasteiger partial charge in [-0.3, -0.25) is 0 Å². The molecule has 8 aromatic carbocycles. The molecule has 2 nitrogen and oxygen atoms in total. The molecule has 2 heterocycles. The number of fused-ring (bicyclic) bond motifs is 10. The number of para-hydroxylation sites is 4. The van der Waals surface area contributed by atoms with E-state index in [1.54, 1.807) is 0 Å². The summed E-state index contributed by atoms with van der Waals surface area (Å²) in [6.07, 6.45) is 13.9. The maximum absolute atomic E-state index is 2.50. The van der Waals surface area contributed by atoms with Gasteiger partial charge in [-0.15, -0.1) is 0 Å². The van der Waals surface area contributed by atoms with E-state index in [9.17, 15) is 0 Å². The second-order valence-electron chi connectivity index (χ2n) is 19.0. The summed E-state index contributed by atoms with van der Waals surface area (Å²) in [6.45, 7) is 9.56. The SMILES string of the molecule is CC1(C)c2cc(/C=C/c3ccc4c(c3)C(C)(C)c3cc(N5c6ccccc6S(C)(C)c6ccccc65)ccc3-4)ccc2-c2ccc(N3c4ccccc4C=Cc4ccccc43)cc21. The lowest BCUT2D eigenvalue weighted by atomic mass is 9.81. The zero-order valence-corrected chi connectivity index (χ0v) is 37.6. The van der Waals surface area contributed by atoms with Crippen LogP contribution in [0, 0.1) is 0 Å². The standard InChI is InChI=1S/C60H50N2S/c1-59(2)49-35-39(25-31-45(49)47-33-29-43(37-51(47)59)61-53-17-9-7-15-41(53)27-28-42-16-8-10-18-54(42)61)23-24-40-26-32-46-48-34-30-44(38-52(48)60(3,4)50(46)36-40)62-55-19-11-13-21-57(55)63(5,6)58-22-14-12-20-56(58)62/h7-38H,1-6H3/b24-23+. The molecule has 0 fully saturated rings. The van der Waals surface area contributed by atoms with Gasteiger partial charge in [0.25, 0.3) is 0 Å². The molecule has 3 heteroatoms. The van der Waals surface area contributed by atoms with E-state index in [1.807, 2.05) is 0 Å². The van der Waals surface area contributed by atoms with Crippen LogP contribution in [0.5, 0.6) is 0 Å². The van der Waals surface area contributed by atoms with Crippen LogP contribution >= 0.6 is 10.0 Å². The molecule has 63 heavy (non-hydrogen) atoms. The van der Waals surface area contributed by atoms with Gasteiger partial charge in [0.15, 0.2) is 0 Å². The summed E-state index contributed by atoms with van der Waals surface area (Å²) in [7, 11) is -1.15. The molecule has 0 atom stereocenters. The van der Waals surface area contributed by atoms with Crippen LogP contribution in [0.2, 0.25) is 0 Å². The third-order valence-electron chi connectivity index (χ3n) is 14.5. The fourth-order valence-electron chi connectivity index (χ4n) is 11.1. The van der Waals surface area contributed by atoms with Crippen LogP contribution in [0.4, 0.5) is 34.1 Å². The van der Waals surface area contributed by atoms with Gasteiger partial charge in [0.2, 0.25) is 0 Å². The van der Waals surface area contributed by atoms with Crippen molar-refractivity contribution in [2.45, 2.75) is 48.3 Å². The molecule has 0 saturated carbocycles. The minimum Gasteiger partial charge on any atom is -0.309 e. The van der Waals surface area contributed by atoms with Crippen molar-refractivity contribution in [2.24, 2.45) is 0 Å². The largest absolute Gasteiger partial charge is 0.309 e. The summed E-state index contributed by atoms with van der Waals surface area (Å²) in [5.41, 5.74) is 22.8. The Morgan fingerprint density at radius 3 is 1.17 bits per heavy atom. The van der Waals surface area contributed by atoms with Crippen molar-refractivity contribution in [1.29, 1.82) is 0 Å². The summed E-state index contributed by atoms with van der Waals surface area (Å²) in [5, 5.41) is 0. The Balaban J connectivity index is 0.850. The molecule has 4 aliphatic rings. The summed E-state index contributed by atoms with van der Waals surface area (Å²) >= 11 is 0. The molecule has 0 bridgehead atoms. The predicted octanol–water partition coefficient (Wildman–Crippen LogP) is 16.7. The molecule has 8 aromatic rings. The van der Waals surface area contributed by atoms with Gasteiger partial charge in [-0.2, -0.15) is 10.0 Å². The Bertz CT molecular complexity index is 3190. The molecule has 0 N–H and O–H groups in total. The highest BCUT2D eigenvalue weighted by molar-refractivity contribution is 8.33. The first-order chi connectivity index (χ1) is 30.5. The van der Waals surface area contributed by atoms with Gasteiger partial charge in [-0.1, -0.05) is 161 Å². The van der Waals surface area contributed by atoms with Crippen LogP contribution in [0.3, 0.4) is 0 Å². The minimum absolute atomic E-state index is 0.153. The van der Waals surface area contributed by atoms with Crippen molar-refractivity contribution in [3.8, 4) is 22.3 Å². The monoisotopic (exact) mass is 830 g/mol. The van der Waals surface area contributed by atoms with E-state index in [1.165, 1.54) is 111 Å². The van der Waals surface area contributed by atoms with Crippen LogP contribution in [-0.4, -0.2) is 12.5 Å². The maximum Gasteiger partial charge on any atom is 0.0586 e. The van der Waals surface area contributed by atoms with Crippen molar-refractivity contribution in [1.82, 2.24) is 0 Å². The molecule has 0 unspecified atom stereocenters. The van der Waals surface area contributed by atoms with E-state index < -0.39 is 10.0 Å². The van der Waals surface area contributed by atoms with Crippen molar-refractivity contribution < 1.29 is 0 Å². The second kappa shape index (κ2) is 13.6. The Morgan fingerprint density at radius 2 is 0.730 bits per heavy atom. The first-order valence-electron chi connectivity index (χ1n) is 22.1. The van der Waals surface area contributed by atoms with Gasteiger partial charge >= 0.3 is 0 Å². The number of hydrogen-bond acceptors (Lipinski definition) is 2. The summed E-state index contributed by atoms with van der Waals surface area (Å²) in [6, 6.07) is 63.8. The normalized spacial score (nSPS) is 16.8. The van der Waals surface area contributed by atoms with E-state index >= 15 is 0 Å². The lowest BCUT2D eigenvalue weighted by molar-refractivity contribution is 0.660. The van der Waals surface area contributed by atoms with E-state index in [2.05, 4.69) is 244 Å². The van der Waals surface area contributed by atoms with E-state index in [4.69, 9.17) is 0 Å². The first-order valence-corrected chi connectivity index (χ1v) is 24.6. The molecule has 2 aliphatic carbocycles. The molecule has 2 aliphatic heterocycles. The van der Waals surface area contributed by atoms with Gasteiger partial charge in [0, 0.05) is 32.0 Å². The first kappa shape index (κ1) is 37.9. The number of benzene rings is 8. The number of anilines is 6. The van der Waals surface area contributed by atoms with Crippen LogP contribution in [-0.2, 0) is 10.8 Å². The zero-order chi connectivity index (χ0) is 42.8. The fourth-order valence-corrected chi connectivity index (χ4v) is 13.5. The second-order valence-corrected chi connectivity index (χ2v) is 22.6. The molecular weight excluding hydrogens is 781 g/mol. The van der Waals surface area contributed by atoms with Crippen molar-refractivity contribution >= 4 is 68.5 Å². The molecular formula is C60H50N2S. The predicted molar refractivity (Wildman–Crippen MR) is 271 cm³/mol. The maximum atomic E-state index is 2.50. The third-order valence-corrected chi connectivity index (χ3v) is 17.4. The van der Waals surface area contributed by atoms with Crippen LogP contribution < -0.4 is 9.80 Å². The highest BCUT2D eigenvalue weighted by Crippen LogP contribution is 2.67. The lowest BCUT2D eigenvalue weighted by Gasteiger charge is -2.45. The molecule has 0 radical (unpaired) electrons. The molecule has 0 aromatic heterocycles. The Labute approximate surface area is 373 Å². The van der Waals surface area contributed by atoms with Crippen molar-refractivity contribution in [3.05, 3.63) is 214 Å². The molecule has 0 amide bonds. The van der Waals surface area contributed by atoms with E-state index in [0.717, 1.165) is 0 Å². The van der Waals surface area contributed by atoms with Gasteiger partial charge in [0.05, 0.1) is 22.7 Å². The summed E-state index contributed by atoms with van der Waals surface area (Å²) in [5.74, 6) is 0.